The zero-order chi connectivity index (χ0) is 20.9. The lowest BCUT2D eigenvalue weighted by atomic mass is 10.1. The Morgan fingerprint density at radius 3 is 2.74 bits per heavy atom. The van der Waals surface area contributed by atoms with Gasteiger partial charge in [-0.25, -0.2) is 4.98 Å². The number of nitrogens with one attached hydrogen (secondary N) is 1. The first kappa shape index (κ1) is 23.1. The van der Waals surface area contributed by atoms with Gasteiger partial charge in [-0.1, -0.05) is 18.2 Å². The van der Waals surface area contributed by atoms with Crippen molar-refractivity contribution in [2.75, 3.05) is 20.3 Å². The van der Waals surface area contributed by atoms with E-state index < -0.39 is 6.10 Å². The van der Waals surface area contributed by atoms with Gasteiger partial charge in [0, 0.05) is 26.0 Å². The molecule has 0 saturated heterocycles. The summed E-state index contributed by atoms with van der Waals surface area (Å²) in [6.07, 6.45) is 6.52. The normalized spacial score (nSPS) is 14.4. The third-order valence-electron chi connectivity index (χ3n) is 5.61. The standard InChI is InChI=1S/C24H29N3O3.ClH/c1-27-12-11-25-24(27)23(19-7-4-8-21(14-19)29-2)26-15-20(28)16-30-22-10-9-17-5-3-6-18(17)13-22;/h4,7-14,20,23,26,28H,3,5-6,15-16H2,1-2H3;1H. The molecule has 3 aromatic rings. The summed E-state index contributed by atoms with van der Waals surface area (Å²) in [7, 11) is 3.62. The van der Waals surface area contributed by atoms with E-state index in [4.69, 9.17) is 9.47 Å². The second kappa shape index (κ2) is 10.7. The van der Waals surface area contributed by atoms with Crippen molar-refractivity contribution in [2.45, 2.75) is 31.4 Å². The van der Waals surface area contributed by atoms with Crippen LogP contribution in [0.5, 0.6) is 11.5 Å². The van der Waals surface area contributed by atoms with E-state index in [2.05, 4.69) is 22.4 Å². The third kappa shape index (κ3) is 5.58. The number of imidazole rings is 1. The summed E-state index contributed by atoms with van der Waals surface area (Å²) in [5.41, 5.74) is 3.81. The van der Waals surface area contributed by atoms with Crippen molar-refractivity contribution in [2.24, 2.45) is 7.05 Å². The van der Waals surface area contributed by atoms with Gasteiger partial charge in [0.2, 0.25) is 0 Å². The second-order valence-electron chi connectivity index (χ2n) is 7.76. The Balaban J connectivity index is 0.00000272. The van der Waals surface area contributed by atoms with Gasteiger partial charge in [-0.15, -0.1) is 12.4 Å². The molecule has 2 aromatic carbocycles. The first-order valence-electron chi connectivity index (χ1n) is 10.4. The molecule has 2 N–H and O–H groups in total. The van der Waals surface area contributed by atoms with Crippen LogP contribution in [0.15, 0.2) is 54.9 Å². The SMILES string of the molecule is COc1cccc(C(NCC(O)COc2ccc3c(c2)CCC3)c2nccn2C)c1.Cl. The van der Waals surface area contributed by atoms with Gasteiger partial charge >= 0.3 is 0 Å². The number of nitrogens with zero attached hydrogens (tertiary/aromatic N) is 2. The number of fused-ring (bicyclic) bond motifs is 1. The lowest BCUT2D eigenvalue weighted by Gasteiger charge is -2.22. The molecule has 1 aliphatic rings. The Labute approximate surface area is 189 Å². The first-order valence-corrected chi connectivity index (χ1v) is 10.4. The molecule has 0 aliphatic heterocycles. The summed E-state index contributed by atoms with van der Waals surface area (Å²) in [6, 6.07) is 14.0. The number of aryl methyl sites for hydroxylation is 3. The van der Waals surface area contributed by atoms with Crippen LogP contribution in [0.3, 0.4) is 0 Å². The maximum absolute atomic E-state index is 10.5. The Morgan fingerprint density at radius 1 is 1.13 bits per heavy atom. The second-order valence-corrected chi connectivity index (χ2v) is 7.76. The summed E-state index contributed by atoms with van der Waals surface area (Å²) in [5.74, 6) is 2.48. The van der Waals surface area contributed by atoms with Gasteiger partial charge in [0.05, 0.1) is 13.2 Å². The highest BCUT2D eigenvalue weighted by Gasteiger charge is 2.20. The zero-order valence-electron chi connectivity index (χ0n) is 18.0. The topological polar surface area (TPSA) is 68.5 Å². The molecule has 0 spiro atoms. The molecule has 0 saturated carbocycles. The van der Waals surface area contributed by atoms with Gasteiger partial charge in [-0.3, -0.25) is 0 Å². The summed E-state index contributed by atoms with van der Waals surface area (Å²) in [5, 5.41) is 14.0. The number of ether oxygens (including phenoxy) is 2. The van der Waals surface area contributed by atoms with Gasteiger partial charge in [0.1, 0.15) is 30.0 Å². The maximum atomic E-state index is 10.5. The Bertz CT molecular complexity index is 992. The highest BCUT2D eigenvalue weighted by molar-refractivity contribution is 5.85. The van der Waals surface area contributed by atoms with Crippen molar-refractivity contribution in [3.63, 3.8) is 0 Å². The van der Waals surface area contributed by atoms with Crippen molar-refractivity contribution >= 4 is 12.4 Å². The highest BCUT2D eigenvalue weighted by Crippen LogP contribution is 2.26. The van der Waals surface area contributed by atoms with Crippen LogP contribution in [-0.2, 0) is 19.9 Å². The van der Waals surface area contributed by atoms with Gasteiger partial charge in [0.25, 0.3) is 0 Å². The quantitative estimate of drug-likeness (QED) is 0.530. The van der Waals surface area contributed by atoms with Gasteiger partial charge in [-0.2, -0.15) is 0 Å². The largest absolute Gasteiger partial charge is 0.497 e. The zero-order valence-corrected chi connectivity index (χ0v) is 18.8. The van der Waals surface area contributed by atoms with E-state index in [1.54, 1.807) is 13.3 Å². The van der Waals surface area contributed by atoms with E-state index in [1.165, 1.54) is 17.5 Å². The molecule has 1 aliphatic carbocycles. The fourth-order valence-corrected chi connectivity index (χ4v) is 3.98. The van der Waals surface area contributed by atoms with Crippen molar-refractivity contribution in [3.8, 4) is 11.5 Å². The molecule has 31 heavy (non-hydrogen) atoms. The lowest BCUT2D eigenvalue weighted by molar-refractivity contribution is 0.104. The minimum Gasteiger partial charge on any atom is -0.497 e. The van der Waals surface area contributed by atoms with Crippen LogP contribution >= 0.6 is 12.4 Å². The van der Waals surface area contributed by atoms with Crippen LogP contribution < -0.4 is 14.8 Å². The van der Waals surface area contributed by atoms with Crippen LogP contribution in [-0.4, -0.2) is 41.0 Å². The number of hydrogen-bond donors (Lipinski definition) is 2. The number of aliphatic hydroxyl groups excluding tert-OH is 1. The fraction of sp³-hybridized carbons (Fsp3) is 0.375. The van der Waals surface area contributed by atoms with Gasteiger partial charge < -0.3 is 24.5 Å². The van der Waals surface area contributed by atoms with Gasteiger partial charge in [-0.05, 0) is 60.2 Å². The Morgan fingerprint density at radius 2 is 1.97 bits per heavy atom. The molecule has 1 heterocycles. The number of rotatable bonds is 9. The van der Waals surface area contributed by atoms with Crippen molar-refractivity contribution < 1.29 is 14.6 Å². The smallest absolute Gasteiger partial charge is 0.130 e. The molecule has 2 atom stereocenters. The molecule has 6 nitrogen and oxygen atoms in total. The average molecular weight is 444 g/mol. The predicted octanol–water partition coefficient (Wildman–Crippen LogP) is 3.46. The maximum Gasteiger partial charge on any atom is 0.130 e. The van der Waals surface area contributed by atoms with Crippen molar-refractivity contribution in [1.82, 2.24) is 14.9 Å². The summed E-state index contributed by atoms with van der Waals surface area (Å²) >= 11 is 0. The van der Waals surface area contributed by atoms with Crippen molar-refractivity contribution in [1.29, 1.82) is 0 Å². The number of benzene rings is 2. The molecule has 4 rings (SSSR count). The van der Waals surface area contributed by atoms with E-state index >= 15 is 0 Å². The Kier molecular flexibility index (Phi) is 7.96. The summed E-state index contributed by atoms with van der Waals surface area (Å²) in [6.45, 7) is 0.608. The summed E-state index contributed by atoms with van der Waals surface area (Å²) in [4.78, 5) is 4.50. The minimum atomic E-state index is -0.647. The predicted molar refractivity (Wildman–Crippen MR) is 123 cm³/mol. The molecule has 166 valence electrons. The van der Waals surface area contributed by atoms with Gasteiger partial charge in [0.15, 0.2) is 0 Å². The molecule has 7 heteroatoms. The molecule has 1 aromatic heterocycles. The van der Waals surface area contributed by atoms with Crippen LogP contribution in [0.25, 0.3) is 0 Å². The number of hydrogen-bond acceptors (Lipinski definition) is 5. The summed E-state index contributed by atoms with van der Waals surface area (Å²) < 4.78 is 13.2. The number of methoxy groups -OCH3 is 1. The number of aromatic nitrogens is 2. The fourth-order valence-electron chi connectivity index (χ4n) is 3.98. The van der Waals surface area contributed by atoms with E-state index in [0.29, 0.717) is 6.54 Å². The van der Waals surface area contributed by atoms with E-state index in [1.807, 2.05) is 48.1 Å². The van der Waals surface area contributed by atoms with Crippen LogP contribution in [0.2, 0.25) is 0 Å². The van der Waals surface area contributed by atoms with Crippen LogP contribution in [0.1, 0.15) is 35.0 Å². The molecule has 0 radical (unpaired) electrons. The van der Waals surface area contributed by atoms with E-state index in [9.17, 15) is 5.11 Å². The molecule has 2 unspecified atom stereocenters. The Hall–Kier alpha value is -2.54. The average Bonchev–Trinajstić information content (AvgIpc) is 3.41. The molecule has 0 fully saturated rings. The van der Waals surface area contributed by atoms with Crippen LogP contribution in [0, 0.1) is 0 Å². The molecule has 0 bridgehead atoms. The molecular weight excluding hydrogens is 414 g/mol. The molecule has 0 amide bonds. The monoisotopic (exact) mass is 443 g/mol. The van der Waals surface area contributed by atoms with Crippen LogP contribution in [0.4, 0.5) is 0 Å². The minimum absolute atomic E-state index is 0. The number of aliphatic hydroxyl groups is 1. The highest BCUT2D eigenvalue weighted by atomic mass is 35.5. The van der Waals surface area contributed by atoms with Crippen molar-refractivity contribution in [3.05, 3.63) is 77.4 Å². The lowest BCUT2D eigenvalue weighted by Crippen LogP contribution is -2.35. The number of halogens is 1. The van der Waals surface area contributed by atoms with E-state index in [-0.39, 0.29) is 25.1 Å². The van der Waals surface area contributed by atoms with E-state index in [0.717, 1.165) is 35.7 Å². The first-order chi connectivity index (χ1) is 14.6. The third-order valence-corrected chi connectivity index (χ3v) is 5.61. The molecular formula is C24H30ClN3O3.